The predicted molar refractivity (Wildman–Crippen MR) is 148 cm³/mol. The zero-order valence-corrected chi connectivity index (χ0v) is 22.7. The van der Waals surface area contributed by atoms with Crippen molar-refractivity contribution in [3.05, 3.63) is 41.6 Å². The largest absolute Gasteiger partial charge is 0.481 e. The first-order chi connectivity index (χ1) is 19.0. The van der Waals surface area contributed by atoms with Crippen LogP contribution in [-0.2, 0) is 17.7 Å². The standard InChI is InChI=1S/C27H34N8O4/c1-5-28-26(36)29-19-8-6-18(7-9-19)24-30-21-15-34(22-14-23(37-3)32-27(31-22)38-4)11-10-20(21)25(33-24)35-12-13-39-16-17(35)2/h6-9,14,17H,5,10-13,15-16H2,1-4H3,(H2,28,29,36). The summed E-state index contributed by atoms with van der Waals surface area (Å²) < 4.78 is 16.4. The van der Waals surface area contributed by atoms with E-state index in [4.69, 9.17) is 24.2 Å². The van der Waals surface area contributed by atoms with Crippen LogP contribution in [0.4, 0.5) is 22.1 Å². The van der Waals surface area contributed by atoms with E-state index in [1.165, 1.54) is 7.11 Å². The number of fused-ring (bicyclic) bond motifs is 1. The lowest BCUT2D eigenvalue weighted by Crippen LogP contribution is -2.45. The molecule has 206 valence electrons. The van der Waals surface area contributed by atoms with E-state index >= 15 is 0 Å². The molecule has 2 N–H and O–H groups in total. The zero-order chi connectivity index (χ0) is 27.4. The van der Waals surface area contributed by atoms with Crippen molar-refractivity contribution in [2.24, 2.45) is 0 Å². The molecule has 12 nitrogen and oxygen atoms in total. The molecule has 1 fully saturated rings. The number of carbonyl (C=O) groups is 1. The van der Waals surface area contributed by atoms with Crippen molar-refractivity contribution in [3.63, 3.8) is 0 Å². The van der Waals surface area contributed by atoms with Gasteiger partial charge >= 0.3 is 12.0 Å². The van der Waals surface area contributed by atoms with Gasteiger partial charge in [-0.3, -0.25) is 0 Å². The second-order valence-electron chi connectivity index (χ2n) is 9.40. The molecule has 39 heavy (non-hydrogen) atoms. The van der Waals surface area contributed by atoms with Crippen molar-refractivity contribution >= 4 is 23.4 Å². The van der Waals surface area contributed by atoms with E-state index in [1.54, 1.807) is 13.2 Å². The summed E-state index contributed by atoms with van der Waals surface area (Å²) >= 11 is 0. The highest BCUT2D eigenvalue weighted by Gasteiger charge is 2.30. The number of amides is 2. The molecule has 1 aromatic carbocycles. The molecule has 12 heteroatoms. The zero-order valence-electron chi connectivity index (χ0n) is 22.7. The molecular weight excluding hydrogens is 500 g/mol. The Morgan fingerprint density at radius 1 is 1.10 bits per heavy atom. The lowest BCUT2D eigenvalue weighted by atomic mass is 10.0. The summed E-state index contributed by atoms with van der Waals surface area (Å²) in [5.41, 5.74) is 3.65. The van der Waals surface area contributed by atoms with Gasteiger partial charge in [0.1, 0.15) is 11.6 Å². The van der Waals surface area contributed by atoms with Crippen LogP contribution in [0.5, 0.6) is 11.9 Å². The first kappa shape index (κ1) is 26.4. The molecule has 2 aromatic heterocycles. The SMILES string of the molecule is CCNC(=O)Nc1ccc(-c2nc3c(c(N4CCOCC4C)n2)CCN(c2cc(OC)nc(OC)n2)C3)cc1. The van der Waals surface area contributed by atoms with E-state index in [-0.39, 0.29) is 18.1 Å². The normalized spacial score (nSPS) is 16.9. The molecule has 2 aliphatic heterocycles. The number of rotatable bonds is 7. The number of morpholine rings is 1. The van der Waals surface area contributed by atoms with Gasteiger partial charge in [0, 0.05) is 42.5 Å². The molecule has 0 bridgehead atoms. The van der Waals surface area contributed by atoms with Gasteiger partial charge in [-0.25, -0.2) is 14.8 Å². The Balaban J connectivity index is 1.51. The van der Waals surface area contributed by atoms with E-state index < -0.39 is 0 Å². The van der Waals surface area contributed by atoms with Crippen LogP contribution in [0.3, 0.4) is 0 Å². The lowest BCUT2D eigenvalue weighted by molar-refractivity contribution is 0.0984. The predicted octanol–water partition coefficient (Wildman–Crippen LogP) is 2.88. The first-order valence-electron chi connectivity index (χ1n) is 13.1. The number of nitrogens with zero attached hydrogens (tertiary/aromatic N) is 6. The van der Waals surface area contributed by atoms with E-state index in [0.29, 0.717) is 49.5 Å². The van der Waals surface area contributed by atoms with Gasteiger partial charge in [0.25, 0.3) is 0 Å². The Labute approximate surface area is 227 Å². The Morgan fingerprint density at radius 2 is 1.92 bits per heavy atom. The van der Waals surface area contributed by atoms with E-state index in [9.17, 15) is 4.79 Å². The van der Waals surface area contributed by atoms with Gasteiger partial charge < -0.3 is 34.6 Å². The third-order valence-corrected chi connectivity index (χ3v) is 6.81. The van der Waals surface area contributed by atoms with Crippen molar-refractivity contribution < 1.29 is 19.0 Å². The smallest absolute Gasteiger partial charge is 0.321 e. The second kappa shape index (κ2) is 11.7. The average molecular weight is 535 g/mol. The van der Waals surface area contributed by atoms with Crippen molar-refractivity contribution in [2.45, 2.75) is 32.9 Å². The maximum absolute atomic E-state index is 11.9. The highest BCUT2D eigenvalue weighted by Crippen LogP contribution is 2.33. The van der Waals surface area contributed by atoms with Crippen LogP contribution >= 0.6 is 0 Å². The Kier molecular flexibility index (Phi) is 7.92. The fraction of sp³-hybridized carbons (Fsp3) is 0.444. The van der Waals surface area contributed by atoms with Gasteiger partial charge in [0.05, 0.1) is 45.7 Å². The second-order valence-corrected chi connectivity index (χ2v) is 9.40. The van der Waals surface area contributed by atoms with Gasteiger partial charge in [-0.2, -0.15) is 9.97 Å². The van der Waals surface area contributed by atoms with Crippen LogP contribution in [0, 0.1) is 0 Å². The molecule has 4 heterocycles. The molecule has 1 unspecified atom stereocenters. The van der Waals surface area contributed by atoms with E-state index in [2.05, 4.69) is 37.3 Å². The molecule has 2 aliphatic rings. The van der Waals surface area contributed by atoms with Crippen LogP contribution in [0.1, 0.15) is 25.1 Å². The maximum atomic E-state index is 11.9. The van der Waals surface area contributed by atoms with Gasteiger partial charge in [-0.15, -0.1) is 0 Å². The van der Waals surface area contributed by atoms with Crippen LogP contribution in [0.2, 0.25) is 0 Å². The third-order valence-electron chi connectivity index (χ3n) is 6.81. The highest BCUT2D eigenvalue weighted by atomic mass is 16.5. The average Bonchev–Trinajstić information content (AvgIpc) is 2.96. The number of methoxy groups -OCH3 is 2. The minimum Gasteiger partial charge on any atom is -0.481 e. The van der Waals surface area contributed by atoms with Gasteiger partial charge in [-0.1, -0.05) is 0 Å². The molecular formula is C27H34N8O4. The number of hydrogen-bond donors (Lipinski definition) is 2. The summed E-state index contributed by atoms with van der Waals surface area (Å²) in [4.78, 5) is 35.3. The van der Waals surface area contributed by atoms with Crippen LogP contribution < -0.4 is 29.9 Å². The van der Waals surface area contributed by atoms with Gasteiger partial charge in [0.15, 0.2) is 5.82 Å². The fourth-order valence-electron chi connectivity index (χ4n) is 4.80. The maximum Gasteiger partial charge on any atom is 0.321 e. The van der Waals surface area contributed by atoms with Crippen molar-refractivity contribution in [3.8, 4) is 23.3 Å². The number of carbonyl (C=O) groups excluding carboxylic acids is 1. The highest BCUT2D eigenvalue weighted by molar-refractivity contribution is 5.89. The molecule has 5 rings (SSSR count). The van der Waals surface area contributed by atoms with Gasteiger partial charge in [-0.05, 0) is 44.5 Å². The summed E-state index contributed by atoms with van der Waals surface area (Å²) in [7, 11) is 3.11. The number of anilines is 3. The number of aromatic nitrogens is 4. The molecule has 1 atom stereocenters. The van der Waals surface area contributed by atoms with Crippen LogP contribution in [0.25, 0.3) is 11.4 Å². The molecule has 0 aliphatic carbocycles. The van der Waals surface area contributed by atoms with E-state index in [1.807, 2.05) is 31.2 Å². The van der Waals surface area contributed by atoms with Crippen molar-refractivity contribution in [1.82, 2.24) is 25.3 Å². The number of nitrogens with one attached hydrogen (secondary N) is 2. The van der Waals surface area contributed by atoms with E-state index in [0.717, 1.165) is 42.1 Å². The molecule has 2 amide bonds. The Morgan fingerprint density at radius 3 is 2.64 bits per heavy atom. The van der Waals surface area contributed by atoms with Crippen LogP contribution in [0.15, 0.2) is 30.3 Å². The minimum absolute atomic E-state index is 0.197. The molecule has 0 radical (unpaired) electrons. The molecule has 1 saturated heterocycles. The third kappa shape index (κ3) is 5.80. The summed E-state index contributed by atoms with van der Waals surface area (Å²) in [5.74, 6) is 2.74. The number of hydrogen-bond acceptors (Lipinski definition) is 10. The van der Waals surface area contributed by atoms with Gasteiger partial charge in [0.2, 0.25) is 5.88 Å². The summed E-state index contributed by atoms with van der Waals surface area (Å²) in [6.07, 6.45) is 0.763. The Hall–Kier alpha value is -4.19. The molecule has 3 aromatic rings. The first-order valence-corrected chi connectivity index (χ1v) is 13.1. The monoisotopic (exact) mass is 534 g/mol. The summed E-state index contributed by atoms with van der Waals surface area (Å²) in [6.45, 7) is 7.96. The molecule has 0 saturated carbocycles. The van der Waals surface area contributed by atoms with Crippen molar-refractivity contribution in [1.29, 1.82) is 0 Å². The fourth-order valence-corrected chi connectivity index (χ4v) is 4.80. The topological polar surface area (TPSA) is 127 Å². The number of ether oxygens (including phenoxy) is 3. The quantitative estimate of drug-likeness (QED) is 0.467. The summed E-state index contributed by atoms with van der Waals surface area (Å²) in [5, 5.41) is 5.57. The minimum atomic E-state index is -0.239. The number of benzene rings is 1. The van der Waals surface area contributed by atoms with Crippen LogP contribution in [-0.4, -0.2) is 79.1 Å². The lowest BCUT2D eigenvalue weighted by Gasteiger charge is -2.38. The number of urea groups is 1. The summed E-state index contributed by atoms with van der Waals surface area (Å²) in [6, 6.07) is 9.59. The Bertz CT molecular complexity index is 1300. The molecule has 0 spiro atoms. The van der Waals surface area contributed by atoms with Crippen molar-refractivity contribution in [2.75, 3.05) is 62.2 Å².